The molecule has 0 atom stereocenters. The lowest BCUT2D eigenvalue weighted by molar-refractivity contribution is -0.124. The fourth-order valence-corrected chi connectivity index (χ4v) is 2.44. The Kier molecular flexibility index (Phi) is 7.05. The highest BCUT2D eigenvalue weighted by Crippen LogP contribution is 2.15. The molecule has 2 rings (SSSR count). The van der Waals surface area contributed by atoms with Crippen molar-refractivity contribution in [3.05, 3.63) is 71.3 Å². The summed E-state index contributed by atoms with van der Waals surface area (Å²) in [6, 6.07) is 16.4. The smallest absolute Gasteiger partial charge is 0.267 e. The zero-order valence-electron chi connectivity index (χ0n) is 14.0. The highest BCUT2D eigenvalue weighted by atomic mass is 16.5. The minimum atomic E-state index is -0.539. The van der Waals surface area contributed by atoms with Crippen LogP contribution in [0.5, 0.6) is 0 Å². The topological polar surface area (TPSA) is 61.4 Å². The number of hydrogen-bond acceptors (Lipinski definition) is 3. The van der Waals surface area contributed by atoms with Gasteiger partial charge in [-0.05, 0) is 53.8 Å². The summed E-state index contributed by atoms with van der Waals surface area (Å²) >= 11 is 0. The van der Waals surface area contributed by atoms with E-state index in [-0.39, 0.29) is 0 Å². The van der Waals surface area contributed by atoms with Crippen LogP contribution >= 0.6 is 0 Å². The molecule has 0 aliphatic carbocycles. The molecule has 1 amide bonds. The molecular weight excluding hydrogens is 300 g/mol. The van der Waals surface area contributed by atoms with E-state index in [0.717, 1.165) is 23.2 Å². The lowest BCUT2D eigenvalue weighted by atomic mass is 10.1. The van der Waals surface area contributed by atoms with Crippen molar-refractivity contribution in [1.29, 1.82) is 0 Å². The Morgan fingerprint density at radius 3 is 2.71 bits per heavy atom. The lowest BCUT2D eigenvalue weighted by Gasteiger charge is -2.09. The van der Waals surface area contributed by atoms with Crippen LogP contribution in [0.4, 0.5) is 5.69 Å². The Hall–Kier alpha value is -2.59. The van der Waals surface area contributed by atoms with Gasteiger partial charge < -0.3 is 5.32 Å². The van der Waals surface area contributed by atoms with E-state index in [2.05, 4.69) is 36.5 Å². The molecule has 0 saturated heterocycles. The second-order valence-corrected chi connectivity index (χ2v) is 5.71. The Bertz CT molecular complexity index is 696. The molecule has 0 radical (unpaired) electrons. The first-order chi connectivity index (χ1) is 11.7. The summed E-state index contributed by atoms with van der Waals surface area (Å²) in [4.78, 5) is 11.0. The lowest BCUT2D eigenvalue weighted by Crippen LogP contribution is -2.14. The van der Waals surface area contributed by atoms with Gasteiger partial charge in [0.2, 0.25) is 0 Å². The number of amides is 1. The molecule has 2 aromatic carbocycles. The molecule has 0 saturated carbocycles. The van der Waals surface area contributed by atoms with Gasteiger partial charge in [0.15, 0.2) is 0 Å². The summed E-state index contributed by atoms with van der Waals surface area (Å²) in [5, 5.41) is 11.9. The molecule has 126 valence electrons. The number of hydroxylamine groups is 1. The van der Waals surface area contributed by atoms with Gasteiger partial charge in [-0.1, -0.05) is 43.7 Å². The van der Waals surface area contributed by atoms with Crippen LogP contribution in [0.25, 0.3) is 6.08 Å². The highest BCUT2D eigenvalue weighted by Gasteiger charge is 1.98. The fraction of sp³-hybridized carbons (Fsp3) is 0.250. The van der Waals surface area contributed by atoms with E-state index in [0.29, 0.717) is 6.54 Å². The van der Waals surface area contributed by atoms with Gasteiger partial charge in [-0.3, -0.25) is 10.0 Å². The van der Waals surface area contributed by atoms with Crippen LogP contribution in [-0.2, 0) is 17.8 Å². The molecule has 4 heteroatoms. The number of carbonyl (C=O) groups is 1. The van der Waals surface area contributed by atoms with Crippen LogP contribution in [0.2, 0.25) is 0 Å². The monoisotopic (exact) mass is 324 g/mol. The van der Waals surface area contributed by atoms with Crippen molar-refractivity contribution >= 4 is 17.7 Å². The Morgan fingerprint density at radius 1 is 1.12 bits per heavy atom. The molecule has 3 N–H and O–H groups in total. The van der Waals surface area contributed by atoms with E-state index in [1.165, 1.54) is 24.5 Å². The maximum absolute atomic E-state index is 11.0. The first-order valence-corrected chi connectivity index (χ1v) is 8.25. The third-order valence-corrected chi connectivity index (χ3v) is 3.73. The molecule has 2 aromatic rings. The maximum atomic E-state index is 11.0. The molecule has 0 bridgehead atoms. The summed E-state index contributed by atoms with van der Waals surface area (Å²) in [6.07, 6.45) is 6.48. The van der Waals surface area contributed by atoms with Gasteiger partial charge >= 0.3 is 0 Å². The van der Waals surface area contributed by atoms with Crippen LogP contribution in [0.15, 0.2) is 54.6 Å². The Balaban J connectivity index is 1.97. The maximum Gasteiger partial charge on any atom is 0.267 e. The standard InChI is InChI=1S/C20H24N2O2/c1-2-3-6-16-8-5-10-19(14-16)21-15-18-9-4-7-17(13-18)11-12-20(23)22-24/h4-5,7-14,21,24H,2-3,6,15H2,1H3,(H,22,23)/b12-11+. The van der Waals surface area contributed by atoms with Gasteiger partial charge in [-0.2, -0.15) is 0 Å². The third kappa shape index (κ3) is 5.89. The van der Waals surface area contributed by atoms with E-state index in [1.807, 2.05) is 24.3 Å². The van der Waals surface area contributed by atoms with Gasteiger partial charge in [0.25, 0.3) is 5.91 Å². The van der Waals surface area contributed by atoms with Crippen molar-refractivity contribution in [2.45, 2.75) is 32.7 Å². The van der Waals surface area contributed by atoms with Crippen LogP contribution < -0.4 is 10.8 Å². The molecule has 0 fully saturated rings. The summed E-state index contributed by atoms with van der Waals surface area (Å²) in [7, 11) is 0. The number of nitrogens with one attached hydrogen (secondary N) is 2. The molecule has 0 unspecified atom stereocenters. The van der Waals surface area contributed by atoms with E-state index in [4.69, 9.17) is 5.21 Å². The van der Waals surface area contributed by atoms with Crippen LogP contribution in [0.3, 0.4) is 0 Å². The summed E-state index contributed by atoms with van der Waals surface area (Å²) < 4.78 is 0. The predicted octanol–water partition coefficient (Wildman–Crippen LogP) is 4.16. The summed E-state index contributed by atoms with van der Waals surface area (Å²) in [5.41, 5.74) is 6.09. The van der Waals surface area contributed by atoms with Crippen molar-refractivity contribution in [3.63, 3.8) is 0 Å². The number of benzene rings is 2. The average Bonchev–Trinajstić information content (AvgIpc) is 2.63. The van der Waals surface area contributed by atoms with E-state index in [9.17, 15) is 4.79 Å². The number of aryl methyl sites for hydroxylation is 1. The van der Waals surface area contributed by atoms with E-state index >= 15 is 0 Å². The zero-order chi connectivity index (χ0) is 17.2. The molecular formula is C20H24N2O2. The number of anilines is 1. The minimum absolute atomic E-state index is 0.539. The molecule has 4 nitrogen and oxygen atoms in total. The summed E-state index contributed by atoms with van der Waals surface area (Å²) in [6.45, 7) is 2.92. The van der Waals surface area contributed by atoms with Gasteiger partial charge in [0.1, 0.15) is 0 Å². The first-order valence-electron chi connectivity index (χ1n) is 8.25. The van der Waals surface area contributed by atoms with E-state index < -0.39 is 5.91 Å². The Labute approximate surface area is 143 Å². The quantitative estimate of drug-likeness (QED) is 0.388. The predicted molar refractivity (Wildman–Crippen MR) is 97.8 cm³/mol. The second-order valence-electron chi connectivity index (χ2n) is 5.71. The van der Waals surface area contributed by atoms with Crippen LogP contribution in [-0.4, -0.2) is 11.1 Å². The molecule has 24 heavy (non-hydrogen) atoms. The van der Waals surface area contributed by atoms with E-state index in [1.54, 1.807) is 11.6 Å². The number of rotatable bonds is 8. The fourth-order valence-electron chi connectivity index (χ4n) is 2.44. The van der Waals surface area contributed by atoms with Crippen molar-refractivity contribution < 1.29 is 10.0 Å². The van der Waals surface area contributed by atoms with Crippen molar-refractivity contribution in [3.8, 4) is 0 Å². The SMILES string of the molecule is CCCCc1cccc(NCc2cccc(/C=C/C(=O)NO)c2)c1. The number of hydrogen-bond donors (Lipinski definition) is 3. The highest BCUT2D eigenvalue weighted by molar-refractivity contribution is 5.90. The van der Waals surface area contributed by atoms with Gasteiger partial charge in [-0.15, -0.1) is 0 Å². The van der Waals surface area contributed by atoms with Gasteiger partial charge in [0.05, 0.1) is 0 Å². The van der Waals surface area contributed by atoms with Crippen molar-refractivity contribution in [2.24, 2.45) is 0 Å². The molecule has 0 heterocycles. The zero-order valence-corrected chi connectivity index (χ0v) is 14.0. The Morgan fingerprint density at radius 2 is 1.92 bits per heavy atom. The van der Waals surface area contributed by atoms with Crippen molar-refractivity contribution in [1.82, 2.24) is 5.48 Å². The van der Waals surface area contributed by atoms with Crippen molar-refractivity contribution in [2.75, 3.05) is 5.32 Å². The normalized spacial score (nSPS) is 10.8. The van der Waals surface area contributed by atoms with Gasteiger partial charge in [0, 0.05) is 18.3 Å². The second kappa shape index (κ2) is 9.53. The number of unbranched alkanes of at least 4 members (excludes halogenated alkanes) is 1. The molecule has 0 aromatic heterocycles. The average molecular weight is 324 g/mol. The van der Waals surface area contributed by atoms with Crippen LogP contribution in [0.1, 0.15) is 36.5 Å². The summed E-state index contributed by atoms with van der Waals surface area (Å²) in [5.74, 6) is -0.539. The largest absolute Gasteiger partial charge is 0.381 e. The third-order valence-electron chi connectivity index (χ3n) is 3.73. The number of carbonyl (C=O) groups excluding carboxylic acids is 1. The minimum Gasteiger partial charge on any atom is -0.381 e. The molecule has 0 aliphatic rings. The molecule has 0 spiro atoms. The van der Waals surface area contributed by atoms with Crippen LogP contribution in [0, 0.1) is 0 Å². The first kappa shape index (κ1) is 17.8. The molecule has 0 aliphatic heterocycles. The van der Waals surface area contributed by atoms with Gasteiger partial charge in [-0.25, -0.2) is 5.48 Å².